The molecule has 7 nitrogen and oxygen atoms in total. The number of hydrogen-bond acceptors (Lipinski definition) is 5. The van der Waals surface area contributed by atoms with Crippen molar-refractivity contribution in [3.05, 3.63) is 92.9 Å². The summed E-state index contributed by atoms with van der Waals surface area (Å²) in [7, 11) is 1.66. The van der Waals surface area contributed by atoms with Gasteiger partial charge in [0.25, 0.3) is 5.91 Å². The summed E-state index contributed by atoms with van der Waals surface area (Å²) in [6.07, 6.45) is 2.89. The molecule has 0 fully saturated rings. The van der Waals surface area contributed by atoms with Gasteiger partial charge in [-0.15, -0.1) is 0 Å². The summed E-state index contributed by atoms with van der Waals surface area (Å²) in [5.74, 6) is -1.00. The van der Waals surface area contributed by atoms with Gasteiger partial charge >= 0.3 is 0 Å². The number of fused-ring (bicyclic) bond motifs is 3. The van der Waals surface area contributed by atoms with E-state index in [9.17, 15) is 14.7 Å². The SMILES string of the molecule is CN1CN(C2c3ccccc3CCc3ccccc32)n2ncc(=O)c(O)c2C1=O. The summed E-state index contributed by atoms with van der Waals surface area (Å²) < 4.78 is 0. The van der Waals surface area contributed by atoms with Crippen molar-refractivity contribution in [1.29, 1.82) is 0 Å². The largest absolute Gasteiger partial charge is 0.502 e. The molecule has 0 saturated carbocycles. The maximum absolute atomic E-state index is 12.7. The van der Waals surface area contributed by atoms with Gasteiger partial charge in [-0.3, -0.25) is 14.6 Å². The Bertz CT molecular complexity index is 1140. The van der Waals surface area contributed by atoms with Gasteiger partial charge < -0.3 is 10.0 Å². The van der Waals surface area contributed by atoms with Crippen molar-refractivity contribution in [2.45, 2.75) is 18.9 Å². The average molecular weight is 388 g/mol. The van der Waals surface area contributed by atoms with E-state index in [-0.39, 0.29) is 18.4 Å². The number of aromatic hydroxyl groups is 1. The average Bonchev–Trinajstić information content (AvgIpc) is 2.90. The summed E-state index contributed by atoms with van der Waals surface area (Å²) in [5, 5.41) is 16.5. The Morgan fingerprint density at radius 1 is 0.966 bits per heavy atom. The highest BCUT2D eigenvalue weighted by atomic mass is 16.3. The monoisotopic (exact) mass is 388 g/mol. The van der Waals surface area contributed by atoms with E-state index in [1.54, 1.807) is 7.05 Å². The van der Waals surface area contributed by atoms with Crippen molar-refractivity contribution in [3.8, 4) is 5.75 Å². The number of carbonyl (C=O) groups excluding carboxylic acids is 1. The lowest BCUT2D eigenvalue weighted by atomic mass is 9.94. The van der Waals surface area contributed by atoms with Gasteiger partial charge in [-0.05, 0) is 35.1 Å². The van der Waals surface area contributed by atoms with Crippen molar-refractivity contribution in [2.24, 2.45) is 0 Å². The number of aromatic nitrogens is 2. The number of amides is 1. The maximum atomic E-state index is 12.7. The summed E-state index contributed by atoms with van der Waals surface area (Å²) >= 11 is 0. The zero-order valence-corrected chi connectivity index (χ0v) is 15.9. The molecule has 0 bridgehead atoms. The van der Waals surface area contributed by atoms with E-state index >= 15 is 0 Å². The minimum atomic E-state index is -0.665. The summed E-state index contributed by atoms with van der Waals surface area (Å²) in [4.78, 5) is 27.6. The molecule has 1 N–H and O–H groups in total. The van der Waals surface area contributed by atoms with E-state index in [1.165, 1.54) is 20.8 Å². The minimum Gasteiger partial charge on any atom is -0.502 e. The molecule has 2 aliphatic rings. The van der Waals surface area contributed by atoms with Gasteiger partial charge in [0.1, 0.15) is 12.9 Å². The van der Waals surface area contributed by atoms with Crippen LogP contribution in [0.2, 0.25) is 0 Å². The summed E-state index contributed by atoms with van der Waals surface area (Å²) in [5.41, 5.74) is 3.96. The van der Waals surface area contributed by atoms with E-state index in [0.717, 1.165) is 30.2 Å². The highest BCUT2D eigenvalue weighted by Crippen LogP contribution is 2.37. The summed E-state index contributed by atoms with van der Waals surface area (Å²) in [6, 6.07) is 16.3. The molecule has 0 atom stereocenters. The van der Waals surface area contributed by atoms with Crippen LogP contribution in [0.1, 0.15) is 38.8 Å². The second-order valence-electron chi connectivity index (χ2n) is 7.48. The molecular weight excluding hydrogens is 368 g/mol. The molecule has 0 saturated heterocycles. The van der Waals surface area contributed by atoms with Gasteiger partial charge in [0.15, 0.2) is 11.4 Å². The van der Waals surface area contributed by atoms with Crippen LogP contribution in [-0.2, 0) is 12.8 Å². The van der Waals surface area contributed by atoms with E-state index in [1.807, 2.05) is 29.3 Å². The Morgan fingerprint density at radius 2 is 1.55 bits per heavy atom. The highest BCUT2D eigenvalue weighted by molar-refractivity contribution is 5.95. The van der Waals surface area contributed by atoms with Crippen molar-refractivity contribution < 1.29 is 9.90 Å². The molecule has 1 aliphatic carbocycles. The molecule has 0 spiro atoms. The topological polar surface area (TPSA) is 78.7 Å². The smallest absolute Gasteiger partial charge is 0.279 e. The van der Waals surface area contributed by atoms with Gasteiger partial charge in [0.05, 0.1) is 6.04 Å². The van der Waals surface area contributed by atoms with Crippen LogP contribution in [0.3, 0.4) is 0 Å². The number of rotatable bonds is 1. The van der Waals surface area contributed by atoms with Crippen LogP contribution < -0.4 is 10.4 Å². The lowest BCUT2D eigenvalue weighted by molar-refractivity contribution is 0.0715. The van der Waals surface area contributed by atoms with Crippen LogP contribution in [0.4, 0.5) is 0 Å². The van der Waals surface area contributed by atoms with Crippen molar-refractivity contribution in [1.82, 2.24) is 14.8 Å². The minimum absolute atomic E-state index is 0.106. The molecule has 5 rings (SSSR count). The lowest BCUT2D eigenvalue weighted by Gasteiger charge is -2.42. The second kappa shape index (κ2) is 6.48. The van der Waals surface area contributed by atoms with Gasteiger partial charge in [-0.25, -0.2) is 0 Å². The highest BCUT2D eigenvalue weighted by Gasteiger charge is 2.37. The number of nitrogens with zero attached hydrogens (tertiary/aromatic N) is 4. The molecule has 7 heteroatoms. The molecule has 0 radical (unpaired) electrons. The Hall–Kier alpha value is -3.61. The molecule has 2 aromatic carbocycles. The molecule has 146 valence electrons. The standard InChI is InChI=1S/C22H20N4O3/c1-24-13-25(26-20(22(24)29)21(28)18(27)12-23-26)19-16-8-4-2-6-14(16)10-11-15-7-3-5-9-17(15)19/h2-9,12,19,28H,10-11,13H2,1H3. The van der Waals surface area contributed by atoms with Crippen LogP contribution in [-0.4, -0.2) is 39.5 Å². The molecule has 2 heterocycles. The maximum Gasteiger partial charge on any atom is 0.279 e. The van der Waals surface area contributed by atoms with Crippen LogP contribution in [0.15, 0.2) is 59.5 Å². The van der Waals surface area contributed by atoms with Gasteiger partial charge in [-0.2, -0.15) is 9.89 Å². The van der Waals surface area contributed by atoms with Crippen molar-refractivity contribution >= 4 is 5.91 Å². The Kier molecular flexibility index (Phi) is 3.91. The summed E-state index contributed by atoms with van der Waals surface area (Å²) in [6.45, 7) is 0.272. The fourth-order valence-corrected chi connectivity index (χ4v) is 4.35. The third-order valence-corrected chi connectivity index (χ3v) is 5.75. The predicted octanol–water partition coefficient (Wildman–Crippen LogP) is 1.82. The number of aryl methyl sites for hydroxylation is 2. The molecule has 1 amide bonds. The first-order valence-electron chi connectivity index (χ1n) is 9.55. The lowest BCUT2D eigenvalue weighted by Crippen LogP contribution is -2.55. The van der Waals surface area contributed by atoms with E-state index in [2.05, 4.69) is 29.4 Å². The molecule has 0 unspecified atom stereocenters. The molecule has 1 aromatic heterocycles. The third-order valence-electron chi connectivity index (χ3n) is 5.75. The normalized spacial score (nSPS) is 16.1. The van der Waals surface area contributed by atoms with Gasteiger partial charge in [0.2, 0.25) is 5.43 Å². The number of carbonyl (C=O) groups is 1. The van der Waals surface area contributed by atoms with Crippen LogP contribution in [0, 0.1) is 0 Å². The Balaban J connectivity index is 1.79. The first-order chi connectivity index (χ1) is 14.1. The van der Waals surface area contributed by atoms with Crippen molar-refractivity contribution in [2.75, 3.05) is 18.7 Å². The van der Waals surface area contributed by atoms with E-state index in [0.29, 0.717) is 0 Å². The Morgan fingerprint density at radius 3 is 2.17 bits per heavy atom. The Labute approximate surface area is 167 Å². The molecular formula is C22H20N4O3. The fraction of sp³-hybridized carbons (Fsp3) is 0.227. The van der Waals surface area contributed by atoms with Crippen molar-refractivity contribution in [3.63, 3.8) is 0 Å². The zero-order chi connectivity index (χ0) is 20.1. The third kappa shape index (κ3) is 2.61. The molecule has 29 heavy (non-hydrogen) atoms. The van der Waals surface area contributed by atoms with Crippen LogP contribution in [0.5, 0.6) is 5.75 Å². The van der Waals surface area contributed by atoms with Gasteiger partial charge in [-0.1, -0.05) is 48.5 Å². The molecule has 1 aliphatic heterocycles. The number of hydrogen-bond donors (Lipinski definition) is 1. The quantitative estimate of drug-likeness (QED) is 0.688. The first kappa shape index (κ1) is 17.5. The molecule has 3 aromatic rings. The second-order valence-corrected chi connectivity index (χ2v) is 7.48. The van der Waals surface area contributed by atoms with Gasteiger partial charge in [0, 0.05) is 7.05 Å². The fourth-order valence-electron chi connectivity index (χ4n) is 4.35. The van der Waals surface area contributed by atoms with E-state index < -0.39 is 17.1 Å². The number of benzene rings is 2. The van der Waals surface area contributed by atoms with Crippen LogP contribution >= 0.6 is 0 Å². The first-order valence-corrected chi connectivity index (χ1v) is 9.55. The zero-order valence-electron chi connectivity index (χ0n) is 15.9. The van der Waals surface area contributed by atoms with Crippen LogP contribution in [0.25, 0.3) is 0 Å². The van der Waals surface area contributed by atoms with E-state index in [4.69, 9.17) is 0 Å². The predicted molar refractivity (Wildman–Crippen MR) is 107 cm³/mol.